The second-order valence-electron chi connectivity index (χ2n) is 17.3. The largest absolute Gasteiger partial charge is 0.374 e. The van der Waals surface area contributed by atoms with E-state index in [4.69, 9.17) is 33.2 Å². The van der Waals surface area contributed by atoms with E-state index in [1.165, 1.54) is 17.6 Å². The molecule has 0 aromatic heterocycles. The van der Waals surface area contributed by atoms with Crippen LogP contribution < -0.4 is 0 Å². The summed E-state index contributed by atoms with van der Waals surface area (Å²) >= 11 is 0. The van der Waals surface area contributed by atoms with E-state index >= 15 is 0 Å². The summed E-state index contributed by atoms with van der Waals surface area (Å²) < 4.78 is 46.9. The lowest BCUT2D eigenvalue weighted by molar-refractivity contribution is -0.262. The van der Waals surface area contributed by atoms with Crippen LogP contribution in [0.4, 0.5) is 0 Å². The maximum absolute atomic E-state index is 6.90. The van der Waals surface area contributed by atoms with Gasteiger partial charge in [-0.25, -0.2) is 0 Å². The number of ether oxygens (including phenoxy) is 7. The molecule has 0 amide bonds. The van der Waals surface area contributed by atoms with Crippen molar-refractivity contribution in [3.63, 3.8) is 0 Å². The van der Waals surface area contributed by atoms with Gasteiger partial charge in [-0.15, -0.1) is 6.58 Å². The standard InChI is InChI=1S/C42H66O7/c1-10-13-33-28(9)38-40-41(46-33)39-37(47-40)22-42(48-38,49-39)17-16-30-20-25(6)32(43-30)15-14-29-19-24(5)26(7)35(44-29)21-36-31(12-3)27(8)34(45-36)18-23(4)11-2/h10,23-24,27-41H,1,6-7,11-22H2,2-5,8-9H3/t23-,24-,27-,28?,29+,30+,31-,32?,33+,34-,35-,36?,37-,38+,39+,40+,41+,42-/m1/s1. The molecule has 0 aromatic carbocycles. The van der Waals surface area contributed by atoms with Crippen molar-refractivity contribution in [3.8, 4) is 0 Å². The monoisotopic (exact) mass is 682 g/mol. The lowest BCUT2D eigenvalue weighted by Gasteiger charge is -2.42. The maximum Gasteiger partial charge on any atom is 0.172 e. The summed E-state index contributed by atoms with van der Waals surface area (Å²) in [5, 5.41) is 0. The third kappa shape index (κ3) is 7.05. The topological polar surface area (TPSA) is 64.6 Å². The molecule has 7 nitrogen and oxygen atoms in total. The Bertz CT molecular complexity index is 1200. The number of hydrogen-bond acceptors (Lipinski definition) is 7. The molecule has 8 heterocycles. The third-order valence-corrected chi connectivity index (χ3v) is 14.0. The third-order valence-electron chi connectivity index (χ3n) is 14.0. The Morgan fingerprint density at radius 1 is 0.816 bits per heavy atom. The van der Waals surface area contributed by atoms with E-state index in [0.29, 0.717) is 29.8 Å². The molecule has 276 valence electrons. The van der Waals surface area contributed by atoms with Crippen LogP contribution in [0.25, 0.3) is 0 Å². The van der Waals surface area contributed by atoms with Gasteiger partial charge in [-0.1, -0.05) is 73.6 Å². The Kier molecular flexibility index (Phi) is 10.9. The minimum atomic E-state index is -0.623. The SMILES string of the molecule is C=CC[C@@H]1O[C@H]2[C@H]3O[C@]4(CC[C@H]5CC(=C)C(CC[C@H]6C[C@@H](C)C(=C)[C@@H](CC7O[C@H](C[C@H](C)CC)[C@H](C)[C@H]7CC)O6)O5)C[C@H]3O[C@H]2[C@@H](O4)C1C. The first-order valence-corrected chi connectivity index (χ1v) is 20.1. The predicted octanol–water partition coefficient (Wildman–Crippen LogP) is 8.50. The fraction of sp³-hybridized carbons (Fsp3) is 0.857. The first-order valence-electron chi connectivity index (χ1n) is 20.1. The van der Waals surface area contributed by atoms with Crippen molar-refractivity contribution >= 4 is 0 Å². The van der Waals surface area contributed by atoms with E-state index in [-0.39, 0.29) is 73.1 Å². The average Bonchev–Trinajstić information content (AvgIpc) is 3.74. The average molecular weight is 683 g/mol. The van der Waals surface area contributed by atoms with Gasteiger partial charge in [0.05, 0.1) is 54.9 Å². The highest BCUT2D eigenvalue weighted by Crippen LogP contribution is 2.54. The van der Waals surface area contributed by atoms with Crippen LogP contribution in [0.15, 0.2) is 37.0 Å². The number of hydrogen-bond donors (Lipinski definition) is 0. The van der Waals surface area contributed by atoms with Gasteiger partial charge in [0.15, 0.2) is 5.79 Å². The van der Waals surface area contributed by atoms with Crippen LogP contribution in [-0.4, -0.2) is 79.0 Å². The summed E-state index contributed by atoms with van der Waals surface area (Å²) in [6.07, 6.45) is 14.6. The van der Waals surface area contributed by atoms with Gasteiger partial charge in [0.25, 0.3) is 0 Å². The van der Waals surface area contributed by atoms with Crippen LogP contribution in [0.5, 0.6) is 0 Å². The predicted molar refractivity (Wildman–Crippen MR) is 191 cm³/mol. The Labute approximate surface area is 296 Å². The summed E-state index contributed by atoms with van der Waals surface area (Å²) in [7, 11) is 0. The summed E-state index contributed by atoms with van der Waals surface area (Å²) in [6.45, 7) is 26.9. The molecule has 8 aliphatic heterocycles. The summed E-state index contributed by atoms with van der Waals surface area (Å²) in [4.78, 5) is 0. The lowest BCUT2D eigenvalue weighted by Crippen LogP contribution is -2.54. The van der Waals surface area contributed by atoms with Crippen LogP contribution >= 0.6 is 0 Å². The molecular weight excluding hydrogens is 616 g/mol. The zero-order valence-corrected chi connectivity index (χ0v) is 31.4. The molecule has 0 saturated carbocycles. The fourth-order valence-corrected chi connectivity index (χ4v) is 10.6. The quantitative estimate of drug-likeness (QED) is 0.170. The Morgan fingerprint density at radius 3 is 2.33 bits per heavy atom. The van der Waals surface area contributed by atoms with Crippen molar-refractivity contribution in [3.05, 3.63) is 37.0 Å². The molecule has 0 N–H and O–H groups in total. The van der Waals surface area contributed by atoms with Crippen LogP contribution in [0.1, 0.15) is 119 Å². The molecular formula is C42H66O7. The van der Waals surface area contributed by atoms with Crippen molar-refractivity contribution in [2.45, 2.75) is 198 Å². The molecule has 7 heteroatoms. The van der Waals surface area contributed by atoms with E-state index in [1.54, 1.807) is 0 Å². The first-order chi connectivity index (χ1) is 23.5. The van der Waals surface area contributed by atoms with Gasteiger partial charge < -0.3 is 33.2 Å². The normalized spacial score (nSPS) is 49.5. The van der Waals surface area contributed by atoms with Crippen molar-refractivity contribution in [2.75, 3.05) is 0 Å². The van der Waals surface area contributed by atoms with Crippen molar-refractivity contribution < 1.29 is 33.2 Å². The van der Waals surface area contributed by atoms with Gasteiger partial charge >= 0.3 is 0 Å². The molecule has 18 atom stereocenters. The maximum atomic E-state index is 6.90. The highest BCUT2D eigenvalue weighted by molar-refractivity contribution is 5.14. The molecule has 8 aliphatic rings. The summed E-state index contributed by atoms with van der Waals surface area (Å²) in [6, 6.07) is 0. The second kappa shape index (κ2) is 14.8. The van der Waals surface area contributed by atoms with Gasteiger partial charge in [0, 0.05) is 25.2 Å². The van der Waals surface area contributed by atoms with E-state index in [9.17, 15) is 0 Å². The van der Waals surface area contributed by atoms with Gasteiger partial charge in [-0.2, -0.15) is 0 Å². The van der Waals surface area contributed by atoms with Gasteiger partial charge in [0.2, 0.25) is 0 Å². The molecule has 0 aromatic rings. The molecule has 8 rings (SSSR count). The molecule has 6 bridgehead atoms. The fourth-order valence-electron chi connectivity index (χ4n) is 10.6. The molecule has 0 radical (unpaired) electrons. The van der Waals surface area contributed by atoms with Gasteiger partial charge in [-0.05, 0) is 79.8 Å². The lowest BCUT2D eigenvalue weighted by atomic mass is 9.80. The summed E-state index contributed by atoms with van der Waals surface area (Å²) in [5.74, 6) is 1.92. The van der Waals surface area contributed by atoms with Gasteiger partial charge in [-0.3, -0.25) is 0 Å². The van der Waals surface area contributed by atoms with E-state index in [2.05, 4.69) is 61.3 Å². The highest BCUT2D eigenvalue weighted by Gasteiger charge is 2.67. The smallest absolute Gasteiger partial charge is 0.172 e. The molecule has 0 aliphatic carbocycles. The van der Waals surface area contributed by atoms with Crippen LogP contribution in [-0.2, 0) is 33.2 Å². The van der Waals surface area contributed by atoms with E-state index in [0.717, 1.165) is 70.6 Å². The van der Waals surface area contributed by atoms with Crippen LogP contribution in [0, 0.1) is 29.6 Å². The molecule has 0 spiro atoms. The van der Waals surface area contributed by atoms with Gasteiger partial charge in [0.1, 0.15) is 18.3 Å². The van der Waals surface area contributed by atoms with Crippen LogP contribution in [0.3, 0.4) is 0 Å². The zero-order valence-electron chi connectivity index (χ0n) is 31.4. The Balaban J connectivity index is 0.908. The molecule has 8 fully saturated rings. The van der Waals surface area contributed by atoms with E-state index in [1.807, 2.05) is 6.08 Å². The zero-order chi connectivity index (χ0) is 34.6. The van der Waals surface area contributed by atoms with Crippen LogP contribution in [0.2, 0.25) is 0 Å². The number of rotatable bonds is 14. The summed E-state index contributed by atoms with van der Waals surface area (Å²) in [5.41, 5.74) is 2.45. The highest BCUT2D eigenvalue weighted by atomic mass is 16.8. The van der Waals surface area contributed by atoms with Crippen molar-refractivity contribution in [1.29, 1.82) is 0 Å². The second-order valence-corrected chi connectivity index (χ2v) is 17.3. The minimum absolute atomic E-state index is 0.0196. The van der Waals surface area contributed by atoms with E-state index < -0.39 is 5.79 Å². The molecule has 8 saturated heterocycles. The van der Waals surface area contributed by atoms with Crippen molar-refractivity contribution in [2.24, 2.45) is 29.6 Å². The minimum Gasteiger partial charge on any atom is -0.374 e. The first kappa shape index (κ1) is 36.3. The molecule has 49 heavy (non-hydrogen) atoms. The Hall–Kier alpha value is -1.06. The molecule has 3 unspecified atom stereocenters. The van der Waals surface area contributed by atoms with Crippen molar-refractivity contribution in [1.82, 2.24) is 0 Å². The Morgan fingerprint density at radius 2 is 1.57 bits per heavy atom.